The standard InChI is InChI=1S/C8H10O4S.K.H/c1-11-6-3-4-7(12-2)8(5-6)13(9)10;;/h3-5H,1-2H3,(H,9,10);;. The first-order valence-electron chi connectivity index (χ1n) is 3.52. The van der Waals surface area contributed by atoms with E-state index in [0.717, 1.165) is 0 Å². The fourth-order valence-electron chi connectivity index (χ4n) is 0.920. The van der Waals surface area contributed by atoms with Gasteiger partial charge in [-0.1, -0.05) is 0 Å². The molecular formula is C8H11KO4S. The van der Waals surface area contributed by atoms with Crippen LogP contribution < -0.4 is 9.47 Å². The van der Waals surface area contributed by atoms with Gasteiger partial charge in [0.1, 0.15) is 16.4 Å². The Bertz CT molecular complexity index is 329. The van der Waals surface area contributed by atoms with E-state index in [2.05, 4.69) is 0 Å². The molecule has 0 bridgehead atoms. The average molecular weight is 242 g/mol. The van der Waals surface area contributed by atoms with Crippen LogP contribution >= 0.6 is 0 Å². The molecule has 0 amide bonds. The number of hydrogen-bond acceptors (Lipinski definition) is 3. The van der Waals surface area contributed by atoms with Crippen LogP contribution in [-0.4, -0.2) is 74.4 Å². The molecule has 0 fully saturated rings. The molecule has 1 rings (SSSR count). The Morgan fingerprint density at radius 2 is 1.93 bits per heavy atom. The SMILES string of the molecule is COc1ccc(OC)c(S(=O)O)c1.[KH]. The second-order valence-electron chi connectivity index (χ2n) is 2.27. The van der Waals surface area contributed by atoms with Gasteiger partial charge in [0.2, 0.25) is 0 Å². The maximum atomic E-state index is 10.8. The van der Waals surface area contributed by atoms with Crippen LogP contribution in [0.5, 0.6) is 11.5 Å². The molecule has 0 aliphatic heterocycles. The van der Waals surface area contributed by atoms with E-state index in [4.69, 9.17) is 14.0 Å². The van der Waals surface area contributed by atoms with Gasteiger partial charge in [-0.25, -0.2) is 4.21 Å². The monoisotopic (exact) mass is 242 g/mol. The summed E-state index contributed by atoms with van der Waals surface area (Å²) in [7, 11) is 2.93. The molecule has 0 aliphatic rings. The van der Waals surface area contributed by atoms with E-state index < -0.39 is 11.1 Å². The molecule has 1 N–H and O–H groups in total. The number of hydrogen-bond donors (Lipinski definition) is 1. The topological polar surface area (TPSA) is 55.8 Å². The minimum absolute atomic E-state index is 0. The number of ether oxygens (including phenoxy) is 2. The second kappa shape index (κ2) is 6.94. The van der Waals surface area contributed by atoms with Crippen LogP contribution in [0.4, 0.5) is 0 Å². The van der Waals surface area contributed by atoms with Crippen molar-refractivity contribution in [1.29, 1.82) is 0 Å². The summed E-state index contributed by atoms with van der Waals surface area (Å²) in [5, 5.41) is 0. The summed E-state index contributed by atoms with van der Waals surface area (Å²) in [6.07, 6.45) is 0. The summed E-state index contributed by atoms with van der Waals surface area (Å²) in [6, 6.07) is 4.71. The minimum atomic E-state index is -2.06. The van der Waals surface area contributed by atoms with Crippen LogP contribution in [0.3, 0.4) is 0 Å². The molecule has 1 aromatic carbocycles. The zero-order valence-corrected chi connectivity index (χ0v) is 8.13. The summed E-state index contributed by atoms with van der Waals surface area (Å²) >= 11 is -2.06. The van der Waals surface area contributed by atoms with Gasteiger partial charge < -0.3 is 14.0 Å². The molecule has 0 aliphatic carbocycles. The third kappa shape index (κ3) is 3.61. The Morgan fingerprint density at radius 1 is 1.29 bits per heavy atom. The molecule has 1 unspecified atom stereocenters. The fraction of sp³-hybridized carbons (Fsp3) is 0.250. The van der Waals surface area contributed by atoms with Gasteiger partial charge in [-0.2, -0.15) is 0 Å². The van der Waals surface area contributed by atoms with E-state index in [-0.39, 0.29) is 56.3 Å². The molecular weight excluding hydrogens is 231 g/mol. The second-order valence-corrected chi connectivity index (χ2v) is 3.20. The summed E-state index contributed by atoms with van der Waals surface area (Å²) in [5.41, 5.74) is 0. The molecule has 14 heavy (non-hydrogen) atoms. The van der Waals surface area contributed by atoms with Crippen molar-refractivity contribution in [3.63, 3.8) is 0 Å². The van der Waals surface area contributed by atoms with Crippen LogP contribution in [0, 0.1) is 0 Å². The van der Waals surface area contributed by atoms with Gasteiger partial charge in [-0.3, -0.25) is 0 Å². The summed E-state index contributed by atoms with van der Waals surface area (Å²) < 4.78 is 29.5. The van der Waals surface area contributed by atoms with Gasteiger partial charge in [-0.05, 0) is 12.1 Å². The van der Waals surface area contributed by atoms with E-state index in [1.165, 1.54) is 20.3 Å². The molecule has 1 aromatic rings. The van der Waals surface area contributed by atoms with Crippen molar-refractivity contribution in [2.75, 3.05) is 14.2 Å². The van der Waals surface area contributed by atoms with E-state index in [1.807, 2.05) is 0 Å². The number of methoxy groups -OCH3 is 2. The van der Waals surface area contributed by atoms with Crippen molar-refractivity contribution in [3.8, 4) is 11.5 Å². The van der Waals surface area contributed by atoms with Gasteiger partial charge in [-0.15, -0.1) is 0 Å². The van der Waals surface area contributed by atoms with Crippen LogP contribution in [0.25, 0.3) is 0 Å². The molecule has 0 radical (unpaired) electrons. The van der Waals surface area contributed by atoms with Crippen LogP contribution in [-0.2, 0) is 11.1 Å². The zero-order chi connectivity index (χ0) is 9.84. The summed E-state index contributed by atoms with van der Waals surface area (Å²) in [4.78, 5) is 0.210. The molecule has 1 atom stereocenters. The van der Waals surface area contributed by atoms with Crippen molar-refractivity contribution < 1.29 is 18.2 Å². The molecule has 74 valence electrons. The van der Waals surface area contributed by atoms with Gasteiger partial charge >= 0.3 is 51.4 Å². The molecule has 0 spiro atoms. The van der Waals surface area contributed by atoms with Gasteiger partial charge in [0, 0.05) is 6.07 Å². The Labute approximate surface area is 128 Å². The van der Waals surface area contributed by atoms with E-state index in [1.54, 1.807) is 12.1 Å². The maximum absolute atomic E-state index is 10.8. The molecule has 0 saturated carbocycles. The first-order chi connectivity index (χ1) is 6.19. The van der Waals surface area contributed by atoms with Crippen molar-refractivity contribution in [2.45, 2.75) is 4.90 Å². The predicted octanol–water partition coefficient (Wildman–Crippen LogP) is 0.636. The first-order valence-corrected chi connectivity index (χ1v) is 4.62. The van der Waals surface area contributed by atoms with Gasteiger partial charge in [0.25, 0.3) is 0 Å². The Morgan fingerprint density at radius 3 is 2.36 bits per heavy atom. The molecule has 0 heterocycles. The number of benzene rings is 1. The Hall–Kier alpha value is 0.566. The Balaban J connectivity index is 0.00000169. The van der Waals surface area contributed by atoms with Crippen LogP contribution in [0.15, 0.2) is 23.1 Å². The van der Waals surface area contributed by atoms with E-state index >= 15 is 0 Å². The van der Waals surface area contributed by atoms with Crippen molar-refractivity contribution in [1.82, 2.24) is 0 Å². The average Bonchev–Trinajstić information content (AvgIpc) is 2.16. The van der Waals surface area contributed by atoms with Crippen LogP contribution in [0.2, 0.25) is 0 Å². The van der Waals surface area contributed by atoms with Gasteiger partial charge in [0.15, 0.2) is 11.1 Å². The van der Waals surface area contributed by atoms with Crippen LogP contribution in [0.1, 0.15) is 0 Å². The summed E-state index contributed by atoms with van der Waals surface area (Å²) in [6.45, 7) is 0. The third-order valence-corrected chi connectivity index (χ3v) is 2.25. The quantitative estimate of drug-likeness (QED) is 0.624. The normalized spacial score (nSPS) is 11.4. The van der Waals surface area contributed by atoms with Crippen molar-refractivity contribution >= 4 is 62.5 Å². The summed E-state index contributed by atoms with van der Waals surface area (Å²) in [5.74, 6) is 0.903. The predicted molar refractivity (Wildman–Crippen MR) is 55.7 cm³/mol. The number of rotatable bonds is 3. The van der Waals surface area contributed by atoms with Crippen molar-refractivity contribution in [3.05, 3.63) is 18.2 Å². The first kappa shape index (κ1) is 14.6. The Kier molecular flexibility index (Phi) is 7.22. The molecule has 6 heteroatoms. The molecule has 0 aromatic heterocycles. The van der Waals surface area contributed by atoms with Crippen molar-refractivity contribution in [2.24, 2.45) is 0 Å². The third-order valence-electron chi connectivity index (χ3n) is 1.56. The molecule has 4 nitrogen and oxygen atoms in total. The zero-order valence-electron chi connectivity index (χ0n) is 7.31. The van der Waals surface area contributed by atoms with Gasteiger partial charge in [0.05, 0.1) is 14.2 Å². The van der Waals surface area contributed by atoms with E-state index in [0.29, 0.717) is 11.5 Å². The fourth-order valence-corrected chi connectivity index (χ4v) is 1.46. The molecule has 0 saturated heterocycles. The van der Waals surface area contributed by atoms with E-state index in [9.17, 15) is 4.21 Å².